The topological polar surface area (TPSA) is 33.1 Å². The van der Waals surface area contributed by atoms with Crippen LogP contribution in [0.4, 0.5) is 4.39 Å². The summed E-state index contributed by atoms with van der Waals surface area (Å²) in [5.74, 6) is -0.252. The highest BCUT2D eigenvalue weighted by atomic mass is 32.2. The van der Waals surface area contributed by atoms with Gasteiger partial charge in [0.2, 0.25) is 0 Å². The number of halogens is 1. The van der Waals surface area contributed by atoms with Gasteiger partial charge in [0.15, 0.2) is 5.82 Å². The summed E-state index contributed by atoms with van der Waals surface area (Å²) in [5, 5.41) is 9.75. The monoisotopic (exact) mass is 221 g/mol. The van der Waals surface area contributed by atoms with Crippen molar-refractivity contribution in [1.82, 2.24) is 4.98 Å². The fraction of sp³-hybridized carbons (Fsp3) is 0. The lowest BCUT2D eigenvalue weighted by Crippen LogP contribution is -1.84. The second-order valence-electron chi connectivity index (χ2n) is 2.86. The summed E-state index contributed by atoms with van der Waals surface area (Å²) < 4.78 is 13.2. The molecule has 0 amide bonds. The van der Waals surface area contributed by atoms with Crippen LogP contribution in [-0.4, -0.2) is 10.1 Å². The fourth-order valence-electron chi connectivity index (χ4n) is 1.09. The third-order valence-electron chi connectivity index (χ3n) is 1.80. The van der Waals surface area contributed by atoms with Crippen LogP contribution in [0.1, 0.15) is 0 Å². The second kappa shape index (κ2) is 4.31. The van der Waals surface area contributed by atoms with Gasteiger partial charge in [-0.2, -0.15) is 0 Å². The SMILES string of the molecule is Oc1ccccc1Sc1ncccc1F. The molecule has 0 aliphatic heterocycles. The van der Waals surface area contributed by atoms with Crippen molar-refractivity contribution in [3.05, 3.63) is 48.4 Å². The van der Waals surface area contributed by atoms with E-state index in [0.717, 1.165) is 11.8 Å². The van der Waals surface area contributed by atoms with Crippen LogP contribution >= 0.6 is 11.8 Å². The fourth-order valence-corrected chi connectivity index (χ4v) is 1.90. The van der Waals surface area contributed by atoms with E-state index in [1.165, 1.54) is 18.3 Å². The third-order valence-corrected chi connectivity index (χ3v) is 2.86. The molecule has 0 aliphatic rings. The van der Waals surface area contributed by atoms with Gasteiger partial charge in [0.05, 0.1) is 4.90 Å². The number of aromatic nitrogens is 1. The van der Waals surface area contributed by atoms with Gasteiger partial charge in [0.25, 0.3) is 0 Å². The smallest absolute Gasteiger partial charge is 0.155 e. The zero-order chi connectivity index (χ0) is 10.7. The number of phenols is 1. The molecular weight excluding hydrogens is 213 g/mol. The molecule has 4 heteroatoms. The molecule has 0 aliphatic carbocycles. The number of rotatable bonds is 2. The first kappa shape index (κ1) is 9.98. The summed E-state index contributed by atoms with van der Waals surface area (Å²) >= 11 is 1.10. The molecular formula is C11H8FNOS. The van der Waals surface area contributed by atoms with E-state index in [-0.39, 0.29) is 16.6 Å². The first-order valence-electron chi connectivity index (χ1n) is 4.34. The average Bonchev–Trinajstić information content (AvgIpc) is 2.24. The predicted octanol–water partition coefficient (Wildman–Crippen LogP) is 3.08. The van der Waals surface area contributed by atoms with Crippen molar-refractivity contribution in [2.24, 2.45) is 0 Å². The molecule has 2 rings (SSSR count). The van der Waals surface area contributed by atoms with E-state index in [9.17, 15) is 9.50 Å². The van der Waals surface area contributed by atoms with Gasteiger partial charge in [-0.05, 0) is 24.3 Å². The highest BCUT2D eigenvalue weighted by Gasteiger charge is 2.07. The van der Waals surface area contributed by atoms with Crippen LogP contribution in [0.15, 0.2) is 52.5 Å². The summed E-state index contributed by atoms with van der Waals surface area (Å²) in [7, 11) is 0. The van der Waals surface area contributed by atoms with Crippen LogP contribution in [0.5, 0.6) is 5.75 Å². The van der Waals surface area contributed by atoms with Crippen molar-refractivity contribution in [2.45, 2.75) is 9.92 Å². The summed E-state index contributed by atoms with van der Waals surface area (Å²) in [6.07, 6.45) is 1.52. The van der Waals surface area contributed by atoms with Crippen LogP contribution in [0.25, 0.3) is 0 Å². The van der Waals surface area contributed by atoms with Crippen molar-refractivity contribution >= 4 is 11.8 Å². The van der Waals surface area contributed by atoms with Crippen molar-refractivity contribution in [2.75, 3.05) is 0 Å². The molecule has 76 valence electrons. The molecule has 2 aromatic rings. The van der Waals surface area contributed by atoms with Crippen LogP contribution in [0.3, 0.4) is 0 Å². The van der Waals surface area contributed by atoms with E-state index < -0.39 is 0 Å². The Morgan fingerprint density at radius 1 is 1.13 bits per heavy atom. The molecule has 0 bridgehead atoms. The highest BCUT2D eigenvalue weighted by Crippen LogP contribution is 2.33. The molecule has 0 saturated carbocycles. The Hall–Kier alpha value is -1.55. The minimum absolute atomic E-state index is 0.132. The maximum atomic E-state index is 13.2. The number of nitrogens with zero attached hydrogens (tertiary/aromatic N) is 1. The molecule has 1 aromatic heterocycles. The van der Waals surface area contributed by atoms with Gasteiger partial charge in [-0.3, -0.25) is 0 Å². The van der Waals surface area contributed by atoms with Crippen LogP contribution in [0.2, 0.25) is 0 Å². The quantitative estimate of drug-likeness (QED) is 0.846. The number of hydrogen-bond acceptors (Lipinski definition) is 3. The summed E-state index contributed by atoms with van der Waals surface area (Å²) in [5.41, 5.74) is 0. The lowest BCUT2D eigenvalue weighted by atomic mass is 10.3. The predicted molar refractivity (Wildman–Crippen MR) is 56.4 cm³/mol. The third kappa shape index (κ3) is 2.27. The molecule has 2 nitrogen and oxygen atoms in total. The minimum atomic E-state index is -0.384. The molecule has 0 fully saturated rings. The number of benzene rings is 1. The number of hydrogen-bond donors (Lipinski definition) is 1. The van der Waals surface area contributed by atoms with Gasteiger partial charge in [-0.15, -0.1) is 0 Å². The molecule has 1 aromatic carbocycles. The Kier molecular flexibility index (Phi) is 2.87. The van der Waals surface area contributed by atoms with Gasteiger partial charge < -0.3 is 5.11 Å². The lowest BCUT2D eigenvalue weighted by Gasteiger charge is -2.03. The van der Waals surface area contributed by atoms with Crippen molar-refractivity contribution < 1.29 is 9.50 Å². The standard InChI is InChI=1S/C11H8FNOS/c12-8-4-3-7-13-11(8)15-10-6-2-1-5-9(10)14/h1-7,14H. The number of para-hydroxylation sites is 1. The van der Waals surface area contributed by atoms with Gasteiger partial charge in [-0.25, -0.2) is 9.37 Å². The Balaban J connectivity index is 2.30. The number of phenolic OH excluding ortho intramolecular Hbond substituents is 1. The summed E-state index contributed by atoms with van der Waals surface area (Å²) in [4.78, 5) is 4.48. The molecule has 0 unspecified atom stereocenters. The Morgan fingerprint density at radius 3 is 2.67 bits per heavy atom. The molecule has 1 N–H and O–H groups in total. The lowest BCUT2D eigenvalue weighted by molar-refractivity contribution is 0.462. The second-order valence-corrected chi connectivity index (χ2v) is 3.89. The Bertz CT molecular complexity index is 432. The first-order valence-corrected chi connectivity index (χ1v) is 5.15. The molecule has 15 heavy (non-hydrogen) atoms. The van der Waals surface area contributed by atoms with Crippen molar-refractivity contribution in [3.63, 3.8) is 0 Å². The number of aromatic hydroxyl groups is 1. The van der Waals surface area contributed by atoms with Crippen LogP contribution in [-0.2, 0) is 0 Å². The van der Waals surface area contributed by atoms with Gasteiger partial charge in [0.1, 0.15) is 10.8 Å². The van der Waals surface area contributed by atoms with E-state index in [1.807, 2.05) is 0 Å². The highest BCUT2D eigenvalue weighted by molar-refractivity contribution is 7.99. The first-order chi connectivity index (χ1) is 7.27. The molecule has 1 heterocycles. The van der Waals surface area contributed by atoms with Crippen molar-refractivity contribution in [3.8, 4) is 5.75 Å². The molecule has 0 spiro atoms. The van der Waals surface area contributed by atoms with E-state index in [1.54, 1.807) is 24.3 Å². The molecule has 0 saturated heterocycles. The summed E-state index contributed by atoms with van der Waals surface area (Å²) in [6.45, 7) is 0. The molecule has 0 atom stereocenters. The average molecular weight is 221 g/mol. The maximum Gasteiger partial charge on any atom is 0.155 e. The van der Waals surface area contributed by atoms with E-state index >= 15 is 0 Å². The zero-order valence-corrected chi connectivity index (χ0v) is 8.54. The Labute approximate surface area is 90.8 Å². The largest absolute Gasteiger partial charge is 0.507 e. The molecule has 0 radical (unpaired) electrons. The minimum Gasteiger partial charge on any atom is -0.507 e. The van der Waals surface area contributed by atoms with Crippen molar-refractivity contribution in [1.29, 1.82) is 0 Å². The van der Waals surface area contributed by atoms with Crippen LogP contribution in [0, 0.1) is 5.82 Å². The normalized spacial score (nSPS) is 10.2. The number of pyridine rings is 1. The van der Waals surface area contributed by atoms with E-state index in [4.69, 9.17) is 0 Å². The summed E-state index contributed by atoms with van der Waals surface area (Å²) in [6, 6.07) is 9.65. The van der Waals surface area contributed by atoms with E-state index in [0.29, 0.717) is 4.90 Å². The maximum absolute atomic E-state index is 13.2. The van der Waals surface area contributed by atoms with Gasteiger partial charge >= 0.3 is 0 Å². The van der Waals surface area contributed by atoms with E-state index in [2.05, 4.69) is 4.98 Å². The van der Waals surface area contributed by atoms with Crippen LogP contribution < -0.4 is 0 Å². The van der Waals surface area contributed by atoms with Gasteiger partial charge in [0, 0.05) is 6.20 Å². The zero-order valence-electron chi connectivity index (χ0n) is 7.72. The Morgan fingerprint density at radius 2 is 1.93 bits per heavy atom. The van der Waals surface area contributed by atoms with Gasteiger partial charge in [-0.1, -0.05) is 23.9 Å².